The largest absolute Gasteiger partial charge is 0.416 e. The summed E-state index contributed by atoms with van der Waals surface area (Å²) in [5.41, 5.74) is -0.121. The molecule has 4 nitrogen and oxygen atoms in total. The number of hydrogen-bond donors (Lipinski definition) is 2. The van der Waals surface area contributed by atoms with Crippen LogP contribution in [-0.2, 0) is 10.9 Å². The molecule has 0 heterocycles. The van der Waals surface area contributed by atoms with Gasteiger partial charge in [0, 0.05) is 32.9 Å². The van der Waals surface area contributed by atoms with Gasteiger partial charge in [-0.05, 0) is 42.9 Å². The first-order valence-corrected chi connectivity index (χ1v) is 9.48. The number of halogens is 3. The Kier molecular flexibility index (Phi) is 8.18. The second-order valence-electron chi connectivity index (χ2n) is 7.11. The minimum Gasteiger partial charge on any atom is -0.385 e. The van der Waals surface area contributed by atoms with E-state index >= 15 is 0 Å². The third-order valence-corrected chi connectivity index (χ3v) is 5.12. The predicted octanol–water partition coefficient (Wildman–Crippen LogP) is 3.82. The Morgan fingerprint density at radius 3 is 2.64 bits per heavy atom. The van der Waals surface area contributed by atoms with Crippen LogP contribution in [0.25, 0.3) is 0 Å². The Balaban J connectivity index is 1.86. The SMILES string of the molecule is CN=C(NCC#Cc1cccc(C(F)(F)F)c1)NCC1(CCOC)CCCC1. The van der Waals surface area contributed by atoms with Gasteiger partial charge < -0.3 is 15.4 Å². The van der Waals surface area contributed by atoms with Crippen molar-refractivity contribution in [1.29, 1.82) is 0 Å². The van der Waals surface area contributed by atoms with Crippen LogP contribution in [0, 0.1) is 17.3 Å². The van der Waals surface area contributed by atoms with E-state index in [2.05, 4.69) is 27.5 Å². The van der Waals surface area contributed by atoms with E-state index in [1.807, 2.05) is 0 Å². The monoisotopic (exact) mass is 395 g/mol. The van der Waals surface area contributed by atoms with Crippen LogP contribution in [0.1, 0.15) is 43.2 Å². The van der Waals surface area contributed by atoms with Crippen LogP contribution in [0.3, 0.4) is 0 Å². The minimum atomic E-state index is -4.36. The summed E-state index contributed by atoms with van der Waals surface area (Å²) >= 11 is 0. The molecule has 2 rings (SSSR count). The van der Waals surface area contributed by atoms with Crippen molar-refractivity contribution in [3.63, 3.8) is 0 Å². The molecule has 0 bridgehead atoms. The Hall–Kier alpha value is -2.20. The van der Waals surface area contributed by atoms with Crippen molar-refractivity contribution in [2.24, 2.45) is 10.4 Å². The lowest BCUT2D eigenvalue weighted by molar-refractivity contribution is -0.137. The van der Waals surface area contributed by atoms with Gasteiger partial charge in [-0.3, -0.25) is 4.99 Å². The van der Waals surface area contributed by atoms with E-state index in [9.17, 15) is 13.2 Å². The summed E-state index contributed by atoms with van der Waals surface area (Å²) in [5, 5.41) is 6.45. The average molecular weight is 395 g/mol. The molecule has 0 amide bonds. The number of aliphatic imine (C=N–C) groups is 1. The van der Waals surface area contributed by atoms with Gasteiger partial charge >= 0.3 is 6.18 Å². The number of nitrogens with zero attached hydrogens (tertiary/aromatic N) is 1. The van der Waals surface area contributed by atoms with Crippen molar-refractivity contribution in [1.82, 2.24) is 10.6 Å². The van der Waals surface area contributed by atoms with Crippen molar-refractivity contribution in [2.45, 2.75) is 38.3 Å². The molecule has 1 saturated carbocycles. The summed E-state index contributed by atoms with van der Waals surface area (Å²) in [6.45, 7) is 1.86. The van der Waals surface area contributed by atoms with Crippen LogP contribution in [0.5, 0.6) is 0 Å². The van der Waals surface area contributed by atoms with E-state index in [0.717, 1.165) is 31.7 Å². The molecule has 7 heteroatoms. The van der Waals surface area contributed by atoms with Crippen LogP contribution in [0.15, 0.2) is 29.3 Å². The Bertz CT molecular complexity index is 714. The quantitative estimate of drug-likeness (QED) is 0.437. The molecule has 1 aliphatic rings. The predicted molar refractivity (Wildman–Crippen MR) is 105 cm³/mol. The molecule has 28 heavy (non-hydrogen) atoms. The molecule has 1 aliphatic carbocycles. The van der Waals surface area contributed by atoms with Crippen LogP contribution in [0.4, 0.5) is 13.2 Å². The van der Waals surface area contributed by atoms with Crippen molar-refractivity contribution < 1.29 is 17.9 Å². The van der Waals surface area contributed by atoms with Crippen LogP contribution >= 0.6 is 0 Å². The summed E-state index contributed by atoms with van der Waals surface area (Å²) in [6, 6.07) is 5.02. The van der Waals surface area contributed by atoms with E-state index in [1.54, 1.807) is 20.2 Å². The van der Waals surface area contributed by atoms with E-state index in [4.69, 9.17) is 4.74 Å². The van der Waals surface area contributed by atoms with Gasteiger partial charge in [-0.1, -0.05) is 30.7 Å². The summed E-state index contributed by atoms with van der Waals surface area (Å²) in [5.74, 6) is 6.25. The lowest BCUT2D eigenvalue weighted by atomic mass is 9.83. The Morgan fingerprint density at radius 1 is 1.25 bits per heavy atom. The molecule has 1 aromatic carbocycles. The van der Waals surface area contributed by atoms with Gasteiger partial charge in [-0.15, -0.1) is 0 Å². The highest BCUT2D eigenvalue weighted by Gasteiger charge is 2.33. The number of ether oxygens (including phenoxy) is 1. The molecule has 0 aromatic heterocycles. The van der Waals surface area contributed by atoms with Crippen molar-refractivity contribution in [3.8, 4) is 11.8 Å². The second-order valence-corrected chi connectivity index (χ2v) is 7.11. The van der Waals surface area contributed by atoms with Gasteiger partial charge in [0.05, 0.1) is 12.1 Å². The standard InChI is InChI=1S/C21H28F3N3O/c1-25-19(27-16-20(12-14-28-2)10-3-4-11-20)26-13-6-8-17-7-5-9-18(15-17)21(22,23)24/h5,7,9,15H,3-4,10-14,16H2,1-2H3,(H2,25,26,27). The molecule has 1 aromatic rings. The highest BCUT2D eigenvalue weighted by atomic mass is 19.4. The zero-order valence-corrected chi connectivity index (χ0v) is 16.5. The summed E-state index contributed by atoms with van der Waals surface area (Å²) < 4.78 is 43.5. The first-order valence-electron chi connectivity index (χ1n) is 9.48. The summed E-state index contributed by atoms with van der Waals surface area (Å²) in [7, 11) is 3.41. The molecule has 2 N–H and O–H groups in total. The molecule has 0 radical (unpaired) electrons. The maximum atomic E-state index is 12.7. The number of guanidine groups is 1. The first-order chi connectivity index (χ1) is 13.4. The lowest BCUT2D eigenvalue weighted by Gasteiger charge is -2.29. The van der Waals surface area contributed by atoms with Crippen LogP contribution in [0.2, 0.25) is 0 Å². The zero-order chi connectivity index (χ0) is 20.5. The third-order valence-electron chi connectivity index (χ3n) is 5.12. The van der Waals surface area contributed by atoms with Gasteiger partial charge in [0.1, 0.15) is 0 Å². The van der Waals surface area contributed by atoms with Gasteiger partial charge in [0.25, 0.3) is 0 Å². The van der Waals surface area contributed by atoms with E-state index in [1.165, 1.54) is 31.7 Å². The van der Waals surface area contributed by atoms with Gasteiger partial charge in [0.2, 0.25) is 0 Å². The Labute approximate surface area is 165 Å². The molecule has 0 aliphatic heterocycles. The third kappa shape index (κ3) is 6.75. The normalized spacial score (nSPS) is 16.4. The van der Waals surface area contributed by atoms with Crippen LogP contribution in [-0.4, -0.2) is 39.8 Å². The highest BCUT2D eigenvalue weighted by Crippen LogP contribution is 2.40. The number of nitrogens with one attached hydrogen (secondary N) is 2. The van der Waals surface area contributed by atoms with Crippen LogP contribution < -0.4 is 10.6 Å². The second kappa shape index (κ2) is 10.4. The van der Waals surface area contributed by atoms with Gasteiger partial charge in [-0.2, -0.15) is 13.2 Å². The Morgan fingerprint density at radius 2 is 2.00 bits per heavy atom. The lowest BCUT2D eigenvalue weighted by Crippen LogP contribution is -2.43. The van der Waals surface area contributed by atoms with E-state index in [0.29, 0.717) is 18.1 Å². The molecule has 0 saturated heterocycles. The molecule has 0 atom stereocenters. The highest BCUT2D eigenvalue weighted by molar-refractivity contribution is 5.79. The molecule has 154 valence electrons. The molecule has 1 fully saturated rings. The van der Waals surface area contributed by atoms with Crippen molar-refractivity contribution in [3.05, 3.63) is 35.4 Å². The van der Waals surface area contributed by atoms with Crippen molar-refractivity contribution in [2.75, 3.05) is 33.9 Å². The van der Waals surface area contributed by atoms with E-state index in [-0.39, 0.29) is 5.41 Å². The zero-order valence-electron chi connectivity index (χ0n) is 16.5. The average Bonchev–Trinajstić information content (AvgIpc) is 3.14. The minimum absolute atomic E-state index is 0.233. The number of benzene rings is 1. The summed E-state index contributed by atoms with van der Waals surface area (Å²) in [6.07, 6.45) is 1.48. The number of methoxy groups -OCH3 is 1. The smallest absolute Gasteiger partial charge is 0.385 e. The van der Waals surface area contributed by atoms with Gasteiger partial charge in [-0.25, -0.2) is 0 Å². The topological polar surface area (TPSA) is 45.7 Å². The fourth-order valence-corrected chi connectivity index (χ4v) is 3.50. The number of alkyl halides is 3. The number of rotatable bonds is 6. The fourth-order valence-electron chi connectivity index (χ4n) is 3.50. The maximum absolute atomic E-state index is 12.7. The summed E-state index contributed by atoms with van der Waals surface area (Å²) in [4.78, 5) is 4.20. The van der Waals surface area contributed by atoms with Gasteiger partial charge in [0.15, 0.2) is 5.96 Å². The molecular weight excluding hydrogens is 367 g/mol. The molecule has 0 spiro atoms. The number of hydrogen-bond acceptors (Lipinski definition) is 2. The first kappa shape index (κ1) is 22.1. The fraction of sp³-hybridized carbons (Fsp3) is 0.571. The molecular formula is C21H28F3N3O. The van der Waals surface area contributed by atoms with E-state index < -0.39 is 11.7 Å². The maximum Gasteiger partial charge on any atom is 0.416 e. The van der Waals surface area contributed by atoms with Crippen molar-refractivity contribution >= 4 is 5.96 Å². The molecule has 0 unspecified atom stereocenters.